The summed E-state index contributed by atoms with van der Waals surface area (Å²) in [5, 5.41) is 0.177. The molecule has 0 amide bonds. The van der Waals surface area contributed by atoms with Gasteiger partial charge in [0.2, 0.25) is 16.6 Å². The molecule has 8 heteroatoms. The zero-order valence-corrected chi connectivity index (χ0v) is 33.7. The van der Waals surface area contributed by atoms with Crippen molar-refractivity contribution < 1.29 is 23.1 Å². The molecule has 0 saturated carbocycles. The van der Waals surface area contributed by atoms with E-state index >= 15 is 0 Å². The molecular formula is C41H57NO5Si2. The van der Waals surface area contributed by atoms with Gasteiger partial charge in [-0.2, -0.15) is 0 Å². The van der Waals surface area contributed by atoms with Crippen LogP contribution in [0.1, 0.15) is 78.0 Å². The summed E-state index contributed by atoms with van der Waals surface area (Å²) in [7, 11) is -4.08. The van der Waals surface area contributed by atoms with Gasteiger partial charge in [-0.1, -0.05) is 53.7 Å². The number of hydrogen-bond donors (Lipinski definition) is 0. The molecule has 49 heavy (non-hydrogen) atoms. The average molecular weight is 700 g/mol. The molecule has 264 valence electrons. The molecule has 3 aromatic carbocycles. The van der Waals surface area contributed by atoms with Gasteiger partial charge < -0.3 is 23.1 Å². The minimum Gasteiger partial charge on any atom is -0.543 e. The predicted octanol–water partition coefficient (Wildman–Crippen LogP) is 10.5. The summed E-state index contributed by atoms with van der Waals surface area (Å²) in [4.78, 5) is 2.48. The van der Waals surface area contributed by atoms with E-state index < -0.39 is 22.2 Å². The van der Waals surface area contributed by atoms with Crippen LogP contribution in [0.4, 0.5) is 0 Å². The van der Waals surface area contributed by atoms with Crippen molar-refractivity contribution >= 4 is 27.8 Å². The maximum atomic E-state index is 7.17. The Morgan fingerprint density at radius 3 is 1.82 bits per heavy atom. The Bertz CT molecular complexity index is 1710. The van der Waals surface area contributed by atoms with E-state index in [1.165, 1.54) is 25.9 Å². The molecule has 6 rings (SSSR count). The lowest BCUT2D eigenvalue weighted by Crippen LogP contribution is -2.44. The highest BCUT2D eigenvalue weighted by atomic mass is 28.4. The van der Waals surface area contributed by atoms with E-state index in [0.29, 0.717) is 13.2 Å². The number of nitrogens with zero attached hydrogens (tertiary/aromatic N) is 1. The van der Waals surface area contributed by atoms with Crippen molar-refractivity contribution in [1.82, 2.24) is 4.90 Å². The van der Waals surface area contributed by atoms with Gasteiger partial charge in [-0.05, 0) is 111 Å². The highest BCUT2D eigenvalue weighted by molar-refractivity contribution is 6.75. The van der Waals surface area contributed by atoms with Crippen LogP contribution in [0.3, 0.4) is 0 Å². The molecule has 1 atom stereocenters. The topological polar surface area (TPSA) is 49.4 Å². The minimum absolute atomic E-state index is 0.0837. The molecule has 0 spiro atoms. The lowest BCUT2D eigenvalue weighted by atomic mass is 9.76. The summed E-state index contributed by atoms with van der Waals surface area (Å²) >= 11 is 0. The Morgan fingerprint density at radius 1 is 0.714 bits per heavy atom. The van der Waals surface area contributed by atoms with Crippen molar-refractivity contribution in [3.63, 3.8) is 0 Å². The van der Waals surface area contributed by atoms with Gasteiger partial charge in [0.1, 0.15) is 42.0 Å². The third-order valence-electron chi connectivity index (χ3n) is 11.6. The second-order valence-corrected chi connectivity index (χ2v) is 26.7. The number of benzene rings is 3. The van der Waals surface area contributed by atoms with Crippen molar-refractivity contribution in [1.29, 1.82) is 0 Å². The third-order valence-corrected chi connectivity index (χ3v) is 20.3. The Hall–Kier alpha value is -3.21. The van der Waals surface area contributed by atoms with E-state index in [9.17, 15) is 0 Å². The summed E-state index contributed by atoms with van der Waals surface area (Å²) in [5.74, 6) is 4.22. The number of rotatable bonds is 9. The Kier molecular flexibility index (Phi) is 9.33. The summed E-state index contributed by atoms with van der Waals surface area (Å²) in [6.07, 6.45) is 2.58. The third kappa shape index (κ3) is 7.06. The molecule has 0 bridgehead atoms. The highest BCUT2D eigenvalue weighted by Gasteiger charge is 2.45. The molecule has 0 aromatic heterocycles. The molecule has 6 nitrogen and oxygen atoms in total. The van der Waals surface area contributed by atoms with Crippen molar-refractivity contribution in [3.05, 3.63) is 77.4 Å². The molecule has 3 aliphatic rings. The van der Waals surface area contributed by atoms with E-state index in [2.05, 4.69) is 140 Å². The van der Waals surface area contributed by atoms with Crippen LogP contribution in [0.2, 0.25) is 36.3 Å². The molecule has 3 heterocycles. The maximum Gasteiger partial charge on any atom is 0.250 e. The van der Waals surface area contributed by atoms with Crippen LogP contribution < -0.4 is 23.1 Å². The average Bonchev–Trinajstić information content (AvgIpc) is 3.53. The van der Waals surface area contributed by atoms with Gasteiger partial charge in [-0.25, -0.2) is 0 Å². The van der Waals surface area contributed by atoms with Crippen molar-refractivity contribution in [2.45, 2.75) is 103 Å². The van der Waals surface area contributed by atoms with E-state index in [0.717, 1.165) is 63.1 Å². The Morgan fingerprint density at radius 2 is 1.24 bits per heavy atom. The van der Waals surface area contributed by atoms with Crippen molar-refractivity contribution in [2.75, 3.05) is 32.8 Å². The van der Waals surface area contributed by atoms with Gasteiger partial charge in [0.15, 0.2) is 5.60 Å². The SMILES string of the molecule is CC1(c2ccc(OCCN3CCCC3)cc2)Oc2cc(O[Si](C)(C)C(C)(C)C)ccc2C2=C1c1ccc(O[Si](C)(C)C(C)(C)C)cc1OC2. The second-order valence-electron chi connectivity index (χ2n) is 17.2. The second kappa shape index (κ2) is 12.8. The Labute approximate surface area is 297 Å². The summed E-state index contributed by atoms with van der Waals surface area (Å²) < 4.78 is 33.4. The lowest BCUT2D eigenvalue weighted by Gasteiger charge is -2.43. The monoisotopic (exact) mass is 699 g/mol. The maximum absolute atomic E-state index is 7.17. The van der Waals surface area contributed by atoms with Crippen LogP contribution in [-0.4, -0.2) is 54.4 Å². The summed E-state index contributed by atoms with van der Waals surface area (Å²) in [6.45, 7) is 29.3. The molecule has 1 unspecified atom stereocenters. The zero-order valence-electron chi connectivity index (χ0n) is 31.7. The van der Waals surface area contributed by atoms with Gasteiger partial charge in [-0.3, -0.25) is 4.90 Å². The number of hydrogen-bond acceptors (Lipinski definition) is 6. The van der Waals surface area contributed by atoms with E-state index in [1.807, 2.05) is 0 Å². The fourth-order valence-corrected chi connectivity index (χ4v) is 8.52. The number of fused-ring (bicyclic) bond motifs is 4. The Balaban J connectivity index is 1.38. The van der Waals surface area contributed by atoms with Crippen LogP contribution in [0.5, 0.6) is 28.7 Å². The normalized spacial score (nSPS) is 19.7. The van der Waals surface area contributed by atoms with Crippen LogP contribution >= 0.6 is 0 Å². The quantitative estimate of drug-likeness (QED) is 0.207. The predicted molar refractivity (Wildman–Crippen MR) is 206 cm³/mol. The molecule has 0 N–H and O–H groups in total. The molecule has 0 radical (unpaired) electrons. The van der Waals surface area contributed by atoms with Crippen LogP contribution in [0, 0.1) is 0 Å². The molecule has 3 aliphatic heterocycles. The molecular weight excluding hydrogens is 643 g/mol. The van der Waals surface area contributed by atoms with Crippen molar-refractivity contribution in [3.8, 4) is 28.7 Å². The fraction of sp³-hybridized carbons (Fsp3) is 0.512. The summed E-state index contributed by atoms with van der Waals surface area (Å²) in [6, 6.07) is 21.1. The first kappa shape index (κ1) is 35.6. The molecule has 1 fully saturated rings. The van der Waals surface area contributed by atoms with E-state index in [-0.39, 0.29) is 10.1 Å². The number of ether oxygens (including phenoxy) is 3. The molecule has 1 saturated heterocycles. The van der Waals surface area contributed by atoms with E-state index in [1.54, 1.807) is 0 Å². The first-order valence-electron chi connectivity index (χ1n) is 18.1. The minimum atomic E-state index is -2.05. The first-order valence-corrected chi connectivity index (χ1v) is 23.9. The largest absolute Gasteiger partial charge is 0.543 e. The van der Waals surface area contributed by atoms with Gasteiger partial charge in [0.25, 0.3) is 0 Å². The fourth-order valence-electron chi connectivity index (χ4n) is 6.47. The summed E-state index contributed by atoms with van der Waals surface area (Å²) in [5.41, 5.74) is 4.61. The standard InChI is InChI=1S/C41H57NO5Si2/c1-39(2,3)48(8,9)46-31-19-21-34-36(26-31)44-28-35-33-20-18-32(47-49(10,11)40(4,5)6)27-37(33)45-41(7,38(34)35)29-14-16-30(17-15-29)43-25-24-42-22-12-13-23-42/h14-21,26-27H,12-13,22-25,28H2,1-11H3. The van der Waals surface area contributed by atoms with Crippen molar-refractivity contribution in [2.24, 2.45) is 0 Å². The number of likely N-dealkylation sites (tertiary alicyclic amines) is 1. The van der Waals surface area contributed by atoms with Crippen LogP contribution in [0.15, 0.2) is 60.7 Å². The smallest absolute Gasteiger partial charge is 0.250 e. The zero-order chi connectivity index (χ0) is 35.4. The van der Waals surface area contributed by atoms with Gasteiger partial charge in [-0.15, -0.1) is 0 Å². The first-order chi connectivity index (χ1) is 22.9. The van der Waals surface area contributed by atoms with Crippen LogP contribution in [0.25, 0.3) is 11.1 Å². The molecule has 3 aromatic rings. The van der Waals surface area contributed by atoms with Crippen LogP contribution in [-0.2, 0) is 5.60 Å². The highest BCUT2D eigenvalue weighted by Crippen LogP contribution is 2.55. The van der Waals surface area contributed by atoms with Gasteiger partial charge >= 0.3 is 0 Å². The lowest BCUT2D eigenvalue weighted by molar-refractivity contribution is 0.145. The van der Waals surface area contributed by atoms with Gasteiger partial charge in [0.05, 0.1) is 0 Å². The molecule has 0 aliphatic carbocycles. The van der Waals surface area contributed by atoms with Gasteiger partial charge in [0, 0.05) is 41.0 Å². The van der Waals surface area contributed by atoms with E-state index in [4.69, 9.17) is 23.1 Å².